The molecule has 0 aliphatic heterocycles. The molecule has 0 N–H and O–H groups in total. The van der Waals surface area contributed by atoms with Gasteiger partial charge in [-0.05, 0) is 18.6 Å². The molecule has 0 fully saturated rings. The van der Waals surface area contributed by atoms with Gasteiger partial charge < -0.3 is 9.69 Å². The maximum absolute atomic E-state index is 13.6. The number of aldehydes is 1. The molecule has 0 aliphatic rings. The maximum atomic E-state index is 13.6. The highest BCUT2D eigenvalue weighted by atomic mass is 19.1. The van der Waals surface area contributed by atoms with Crippen LogP contribution in [0, 0.1) is 18.6 Å². The van der Waals surface area contributed by atoms with Gasteiger partial charge in [-0.25, -0.2) is 8.78 Å². The molecule has 1 aromatic rings. The lowest BCUT2D eigenvalue weighted by Gasteiger charge is -2.19. The van der Waals surface area contributed by atoms with Crippen molar-refractivity contribution in [1.82, 2.24) is 0 Å². The molecule has 0 saturated carbocycles. The summed E-state index contributed by atoms with van der Waals surface area (Å²) >= 11 is 0. The second-order valence-corrected chi connectivity index (χ2v) is 3.58. The van der Waals surface area contributed by atoms with Crippen molar-refractivity contribution < 1.29 is 13.6 Å². The highest BCUT2D eigenvalue weighted by molar-refractivity contribution is 5.65. The predicted octanol–water partition coefficient (Wildman–Crippen LogP) is 2.08. The highest BCUT2D eigenvalue weighted by Gasteiger charge is 2.17. The summed E-state index contributed by atoms with van der Waals surface area (Å²) in [5.41, 5.74) is 0.479. The van der Waals surface area contributed by atoms with E-state index in [0.29, 0.717) is 6.29 Å². The molecule has 0 atom stereocenters. The van der Waals surface area contributed by atoms with Crippen LogP contribution in [0.4, 0.5) is 14.5 Å². The number of halogens is 2. The number of anilines is 1. The Labute approximate surface area is 87.5 Å². The van der Waals surface area contributed by atoms with E-state index in [1.54, 1.807) is 14.1 Å². The average Bonchev–Trinajstić information content (AvgIpc) is 2.13. The lowest BCUT2D eigenvalue weighted by Crippen LogP contribution is -2.15. The van der Waals surface area contributed by atoms with Crippen LogP contribution in [0.1, 0.15) is 11.1 Å². The summed E-state index contributed by atoms with van der Waals surface area (Å²) in [4.78, 5) is 11.9. The molecule has 0 heterocycles. The number of hydrogen-bond acceptors (Lipinski definition) is 2. The number of carbonyl (C=O) groups is 1. The minimum absolute atomic E-state index is 0.113. The van der Waals surface area contributed by atoms with Gasteiger partial charge in [0, 0.05) is 26.1 Å². The summed E-state index contributed by atoms with van der Waals surface area (Å²) in [6.45, 7) is 1.48. The van der Waals surface area contributed by atoms with Crippen molar-refractivity contribution in [2.75, 3.05) is 19.0 Å². The second kappa shape index (κ2) is 4.38. The summed E-state index contributed by atoms with van der Waals surface area (Å²) in [5, 5.41) is 0. The fraction of sp³-hybridized carbons (Fsp3) is 0.364. The fourth-order valence-electron chi connectivity index (χ4n) is 1.56. The first kappa shape index (κ1) is 11.6. The smallest absolute Gasteiger partial charge is 0.147 e. The Hall–Kier alpha value is -1.45. The first-order chi connectivity index (χ1) is 6.99. The van der Waals surface area contributed by atoms with Gasteiger partial charge in [-0.15, -0.1) is 0 Å². The van der Waals surface area contributed by atoms with E-state index in [0.717, 1.165) is 6.07 Å². The van der Waals surface area contributed by atoms with Crippen molar-refractivity contribution >= 4 is 12.0 Å². The van der Waals surface area contributed by atoms with Gasteiger partial charge in [0.2, 0.25) is 0 Å². The fourth-order valence-corrected chi connectivity index (χ4v) is 1.56. The van der Waals surface area contributed by atoms with Gasteiger partial charge in [-0.3, -0.25) is 0 Å². The Balaban J connectivity index is 3.46. The number of benzene rings is 1. The number of carbonyl (C=O) groups excluding carboxylic acids is 1. The molecule has 82 valence electrons. The topological polar surface area (TPSA) is 20.3 Å². The second-order valence-electron chi connectivity index (χ2n) is 3.58. The van der Waals surface area contributed by atoms with Crippen LogP contribution in [-0.4, -0.2) is 20.4 Å². The molecule has 15 heavy (non-hydrogen) atoms. The van der Waals surface area contributed by atoms with Gasteiger partial charge >= 0.3 is 0 Å². The summed E-state index contributed by atoms with van der Waals surface area (Å²) in [6.07, 6.45) is 0.461. The molecule has 0 bridgehead atoms. The molecule has 0 amide bonds. The highest BCUT2D eigenvalue weighted by Crippen LogP contribution is 2.27. The predicted molar refractivity (Wildman–Crippen MR) is 55.2 cm³/mol. The van der Waals surface area contributed by atoms with Gasteiger partial charge in [0.15, 0.2) is 0 Å². The lowest BCUT2D eigenvalue weighted by atomic mass is 10.0. The van der Waals surface area contributed by atoms with Crippen molar-refractivity contribution in [3.63, 3.8) is 0 Å². The van der Waals surface area contributed by atoms with Crippen LogP contribution in [0.25, 0.3) is 0 Å². The third-order valence-corrected chi connectivity index (χ3v) is 2.20. The first-order valence-electron chi connectivity index (χ1n) is 4.57. The molecule has 0 radical (unpaired) electrons. The SMILES string of the molecule is Cc1cc(F)c(N(C)C)c(CC=O)c1F. The monoisotopic (exact) mass is 213 g/mol. The number of aryl methyl sites for hydroxylation is 1. The molecule has 4 heteroatoms. The van der Waals surface area contributed by atoms with E-state index in [-0.39, 0.29) is 23.2 Å². The third-order valence-electron chi connectivity index (χ3n) is 2.20. The summed E-state index contributed by atoms with van der Waals surface area (Å²) in [5.74, 6) is -1.01. The molecule has 0 aromatic heterocycles. The van der Waals surface area contributed by atoms with Crippen molar-refractivity contribution in [2.24, 2.45) is 0 Å². The Kier molecular flexibility index (Phi) is 3.39. The number of nitrogens with zero attached hydrogens (tertiary/aromatic N) is 1. The van der Waals surface area contributed by atoms with E-state index >= 15 is 0 Å². The van der Waals surface area contributed by atoms with Crippen LogP contribution < -0.4 is 4.90 Å². The van der Waals surface area contributed by atoms with Crippen molar-refractivity contribution in [1.29, 1.82) is 0 Å². The number of rotatable bonds is 3. The van der Waals surface area contributed by atoms with E-state index in [1.165, 1.54) is 11.8 Å². The van der Waals surface area contributed by atoms with Crippen molar-refractivity contribution in [3.05, 3.63) is 28.8 Å². The standard InChI is InChI=1S/C11H13F2NO/c1-7-6-9(12)11(14(2)3)8(4-5-15)10(7)13/h5-6H,4H2,1-3H3. The Morgan fingerprint density at radius 3 is 2.47 bits per heavy atom. The lowest BCUT2D eigenvalue weighted by molar-refractivity contribution is -0.107. The molecular weight excluding hydrogens is 200 g/mol. The van der Waals surface area contributed by atoms with Gasteiger partial charge in [0.05, 0.1) is 5.69 Å². The molecule has 2 nitrogen and oxygen atoms in total. The van der Waals surface area contributed by atoms with E-state index in [2.05, 4.69) is 0 Å². The number of hydrogen-bond donors (Lipinski definition) is 0. The zero-order valence-corrected chi connectivity index (χ0v) is 8.97. The summed E-state index contributed by atoms with van der Waals surface area (Å²) < 4.78 is 27.2. The van der Waals surface area contributed by atoms with Gasteiger partial charge in [-0.1, -0.05) is 0 Å². The van der Waals surface area contributed by atoms with Gasteiger partial charge in [-0.2, -0.15) is 0 Å². The van der Waals surface area contributed by atoms with Gasteiger partial charge in [0.1, 0.15) is 17.9 Å². The maximum Gasteiger partial charge on any atom is 0.147 e. The molecule has 0 aliphatic carbocycles. The molecule has 1 aromatic carbocycles. The van der Waals surface area contributed by atoms with Crippen LogP contribution in [0.5, 0.6) is 0 Å². The minimum Gasteiger partial charge on any atom is -0.375 e. The molecular formula is C11H13F2NO. The minimum atomic E-state index is -0.507. The molecule has 0 spiro atoms. The Morgan fingerprint density at radius 2 is 2.00 bits per heavy atom. The molecule has 1 rings (SSSR count). The quantitative estimate of drug-likeness (QED) is 0.716. The van der Waals surface area contributed by atoms with E-state index in [4.69, 9.17) is 0 Å². The zero-order valence-electron chi connectivity index (χ0n) is 8.97. The normalized spacial score (nSPS) is 10.2. The van der Waals surface area contributed by atoms with E-state index in [9.17, 15) is 13.6 Å². The average molecular weight is 213 g/mol. The van der Waals surface area contributed by atoms with Crippen LogP contribution in [-0.2, 0) is 11.2 Å². The first-order valence-corrected chi connectivity index (χ1v) is 4.57. The van der Waals surface area contributed by atoms with E-state index < -0.39 is 11.6 Å². The largest absolute Gasteiger partial charge is 0.375 e. The van der Waals surface area contributed by atoms with Crippen LogP contribution in [0.3, 0.4) is 0 Å². The van der Waals surface area contributed by atoms with Crippen LogP contribution >= 0.6 is 0 Å². The Morgan fingerprint density at radius 1 is 1.40 bits per heavy atom. The summed E-state index contributed by atoms with van der Waals surface area (Å²) in [6, 6.07) is 1.14. The van der Waals surface area contributed by atoms with Gasteiger partial charge in [0.25, 0.3) is 0 Å². The molecule has 0 unspecified atom stereocenters. The van der Waals surface area contributed by atoms with Crippen molar-refractivity contribution in [2.45, 2.75) is 13.3 Å². The van der Waals surface area contributed by atoms with Crippen LogP contribution in [0.15, 0.2) is 6.07 Å². The van der Waals surface area contributed by atoms with Crippen LogP contribution in [0.2, 0.25) is 0 Å². The van der Waals surface area contributed by atoms with Crippen molar-refractivity contribution in [3.8, 4) is 0 Å². The Bertz CT molecular complexity index is 389. The van der Waals surface area contributed by atoms with E-state index in [1.807, 2.05) is 0 Å². The third kappa shape index (κ3) is 2.14. The summed E-state index contributed by atoms with van der Waals surface area (Å²) in [7, 11) is 3.23. The zero-order chi connectivity index (χ0) is 11.6. The molecule has 0 saturated heterocycles.